The molecule has 19 heavy (non-hydrogen) atoms. The second-order valence-corrected chi connectivity index (χ2v) is 5.83. The van der Waals surface area contributed by atoms with Gasteiger partial charge in [0, 0.05) is 16.7 Å². The summed E-state index contributed by atoms with van der Waals surface area (Å²) in [6.45, 7) is 4.95. The molecule has 2 aromatic rings. The summed E-state index contributed by atoms with van der Waals surface area (Å²) in [5, 5.41) is 3.32. The first-order valence-electron chi connectivity index (χ1n) is 6.33. The molecule has 1 N–H and O–H groups in total. The van der Waals surface area contributed by atoms with Crippen molar-refractivity contribution >= 4 is 21.6 Å². The summed E-state index contributed by atoms with van der Waals surface area (Å²) >= 11 is 3.30. The van der Waals surface area contributed by atoms with Crippen LogP contribution in [0.2, 0.25) is 0 Å². The Bertz CT molecular complexity index is 546. The van der Waals surface area contributed by atoms with Crippen LogP contribution in [0.4, 0.5) is 10.1 Å². The van der Waals surface area contributed by atoms with E-state index in [0.717, 1.165) is 15.7 Å². The molecular formula is C16H17BrFN. The maximum absolute atomic E-state index is 13.3. The summed E-state index contributed by atoms with van der Waals surface area (Å²) in [6.07, 6.45) is 0. The van der Waals surface area contributed by atoms with E-state index in [2.05, 4.69) is 47.2 Å². The second-order valence-electron chi connectivity index (χ2n) is 4.91. The quantitative estimate of drug-likeness (QED) is 0.803. The van der Waals surface area contributed by atoms with Gasteiger partial charge in [-0.05, 0) is 47.4 Å². The summed E-state index contributed by atoms with van der Waals surface area (Å²) in [4.78, 5) is 0. The highest BCUT2D eigenvalue weighted by atomic mass is 79.9. The maximum Gasteiger partial charge on any atom is 0.124 e. The third-order valence-electron chi connectivity index (χ3n) is 2.97. The fourth-order valence-electron chi connectivity index (χ4n) is 1.92. The van der Waals surface area contributed by atoms with Crippen molar-refractivity contribution in [1.29, 1.82) is 0 Å². The molecule has 0 aromatic heterocycles. The van der Waals surface area contributed by atoms with E-state index in [-0.39, 0.29) is 5.82 Å². The van der Waals surface area contributed by atoms with Crippen molar-refractivity contribution in [2.24, 2.45) is 0 Å². The van der Waals surface area contributed by atoms with Crippen LogP contribution in [0.1, 0.15) is 30.9 Å². The number of nitrogens with one attached hydrogen (secondary N) is 1. The molecule has 2 aromatic carbocycles. The third kappa shape index (κ3) is 4.06. The lowest BCUT2D eigenvalue weighted by molar-refractivity contribution is 0.625. The predicted octanol–water partition coefficient (Wildman–Crippen LogP) is 5.32. The molecule has 0 aliphatic carbocycles. The van der Waals surface area contributed by atoms with Crippen molar-refractivity contribution in [3.63, 3.8) is 0 Å². The van der Waals surface area contributed by atoms with Gasteiger partial charge in [-0.2, -0.15) is 0 Å². The molecule has 3 heteroatoms. The van der Waals surface area contributed by atoms with Crippen LogP contribution >= 0.6 is 15.9 Å². The van der Waals surface area contributed by atoms with Crippen molar-refractivity contribution in [3.05, 3.63) is 63.9 Å². The highest BCUT2D eigenvalue weighted by Gasteiger charge is 2.02. The zero-order chi connectivity index (χ0) is 13.8. The Kier molecular flexibility index (Phi) is 4.59. The minimum Gasteiger partial charge on any atom is -0.381 e. The lowest BCUT2D eigenvalue weighted by Crippen LogP contribution is -2.00. The molecule has 100 valence electrons. The molecule has 0 saturated carbocycles. The average molecular weight is 322 g/mol. The first kappa shape index (κ1) is 14.1. The minimum atomic E-state index is -0.220. The van der Waals surface area contributed by atoms with Gasteiger partial charge in [-0.3, -0.25) is 0 Å². The Morgan fingerprint density at radius 2 is 1.95 bits per heavy atom. The molecule has 2 rings (SSSR count). The van der Waals surface area contributed by atoms with Crippen LogP contribution < -0.4 is 5.32 Å². The molecule has 0 saturated heterocycles. The topological polar surface area (TPSA) is 12.0 Å². The Balaban J connectivity index is 2.07. The van der Waals surface area contributed by atoms with E-state index in [1.54, 1.807) is 6.07 Å². The second kappa shape index (κ2) is 6.20. The number of rotatable bonds is 4. The van der Waals surface area contributed by atoms with E-state index in [0.29, 0.717) is 12.5 Å². The van der Waals surface area contributed by atoms with E-state index in [9.17, 15) is 4.39 Å². The van der Waals surface area contributed by atoms with E-state index in [1.165, 1.54) is 11.6 Å². The first-order valence-corrected chi connectivity index (χ1v) is 7.12. The molecule has 0 heterocycles. The third-order valence-corrected chi connectivity index (χ3v) is 3.43. The Hall–Kier alpha value is -1.35. The van der Waals surface area contributed by atoms with Crippen LogP contribution in [0.15, 0.2) is 46.9 Å². The van der Waals surface area contributed by atoms with E-state index in [4.69, 9.17) is 0 Å². The molecule has 0 unspecified atom stereocenters. The molecule has 0 fully saturated rings. The summed E-state index contributed by atoms with van der Waals surface area (Å²) in [6, 6.07) is 13.3. The number of halogens is 2. The molecule has 0 atom stereocenters. The van der Waals surface area contributed by atoms with Crippen molar-refractivity contribution in [2.45, 2.75) is 26.3 Å². The summed E-state index contributed by atoms with van der Waals surface area (Å²) in [7, 11) is 0. The van der Waals surface area contributed by atoms with Gasteiger partial charge in [0.2, 0.25) is 0 Å². The van der Waals surface area contributed by atoms with Gasteiger partial charge in [-0.1, -0.05) is 41.9 Å². The minimum absolute atomic E-state index is 0.220. The Morgan fingerprint density at radius 3 is 2.63 bits per heavy atom. The molecule has 1 nitrogen and oxygen atoms in total. The summed E-state index contributed by atoms with van der Waals surface area (Å²) in [5.41, 5.74) is 3.28. The van der Waals surface area contributed by atoms with Crippen molar-refractivity contribution < 1.29 is 4.39 Å². The molecule has 0 bridgehead atoms. The van der Waals surface area contributed by atoms with Gasteiger partial charge in [0.25, 0.3) is 0 Å². The standard InChI is InChI=1S/C16H17BrFN/c1-11(2)13-4-3-5-16(8-13)19-10-12-6-14(17)9-15(18)7-12/h3-9,11,19H,10H2,1-2H3. The molecule has 0 radical (unpaired) electrons. The molecular weight excluding hydrogens is 305 g/mol. The SMILES string of the molecule is CC(C)c1cccc(NCc2cc(F)cc(Br)c2)c1. The average Bonchev–Trinajstić information content (AvgIpc) is 2.35. The van der Waals surface area contributed by atoms with E-state index < -0.39 is 0 Å². The van der Waals surface area contributed by atoms with Gasteiger partial charge in [-0.15, -0.1) is 0 Å². The maximum atomic E-state index is 13.3. The number of hydrogen-bond acceptors (Lipinski definition) is 1. The van der Waals surface area contributed by atoms with Crippen molar-refractivity contribution in [2.75, 3.05) is 5.32 Å². The van der Waals surface area contributed by atoms with Crippen LogP contribution in [0.25, 0.3) is 0 Å². The predicted molar refractivity (Wildman–Crippen MR) is 82.0 cm³/mol. The van der Waals surface area contributed by atoms with Crippen LogP contribution in [-0.4, -0.2) is 0 Å². The van der Waals surface area contributed by atoms with Gasteiger partial charge in [-0.25, -0.2) is 4.39 Å². The smallest absolute Gasteiger partial charge is 0.124 e. The fourth-order valence-corrected chi connectivity index (χ4v) is 2.44. The van der Waals surface area contributed by atoms with Crippen LogP contribution in [-0.2, 0) is 6.54 Å². The van der Waals surface area contributed by atoms with Gasteiger partial charge < -0.3 is 5.32 Å². The molecule has 0 aliphatic heterocycles. The van der Waals surface area contributed by atoms with Gasteiger partial charge in [0.05, 0.1) is 0 Å². The Labute approximate surface area is 122 Å². The number of anilines is 1. The van der Waals surface area contributed by atoms with Gasteiger partial charge >= 0.3 is 0 Å². The number of benzene rings is 2. The zero-order valence-electron chi connectivity index (χ0n) is 11.1. The Morgan fingerprint density at radius 1 is 1.16 bits per heavy atom. The summed E-state index contributed by atoms with van der Waals surface area (Å²) < 4.78 is 14.0. The monoisotopic (exact) mass is 321 g/mol. The molecule has 0 spiro atoms. The number of hydrogen-bond donors (Lipinski definition) is 1. The van der Waals surface area contributed by atoms with Crippen molar-refractivity contribution in [1.82, 2.24) is 0 Å². The lowest BCUT2D eigenvalue weighted by atomic mass is 10.0. The van der Waals surface area contributed by atoms with Crippen LogP contribution in [0.5, 0.6) is 0 Å². The van der Waals surface area contributed by atoms with Gasteiger partial charge in [0.1, 0.15) is 5.82 Å². The van der Waals surface area contributed by atoms with Gasteiger partial charge in [0.15, 0.2) is 0 Å². The fraction of sp³-hybridized carbons (Fsp3) is 0.250. The van der Waals surface area contributed by atoms with E-state index >= 15 is 0 Å². The highest BCUT2D eigenvalue weighted by Crippen LogP contribution is 2.20. The lowest BCUT2D eigenvalue weighted by Gasteiger charge is -2.11. The molecule has 0 amide bonds. The highest BCUT2D eigenvalue weighted by molar-refractivity contribution is 9.10. The summed E-state index contributed by atoms with van der Waals surface area (Å²) in [5.74, 6) is 0.284. The van der Waals surface area contributed by atoms with Crippen LogP contribution in [0, 0.1) is 5.82 Å². The van der Waals surface area contributed by atoms with Crippen molar-refractivity contribution in [3.8, 4) is 0 Å². The zero-order valence-corrected chi connectivity index (χ0v) is 12.7. The van der Waals surface area contributed by atoms with Crippen LogP contribution in [0.3, 0.4) is 0 Å². The normalized spacial score (nSPS) is 10.8. The molecule has 0 aliphatic rings. The first-order chi connectivity index (χ1) is 9.04. The van der Waals surface area contributed by atoms with E-state index in [1.807, 2.05) is 18.2 Å². The largest absolute Gasteiger partial charge is 0.381 e.